The molecule has 22 heavy (non-hydrogen) atoms. The highest BCUT2D eigenvalue weighted by atomic mass is 16.6. The fourth-order valence-corrected chi connectivity index (χ4v) is 2.03. The number of hydrogen-bond acceptors (Lipinski definition) is 5. The highest BCUT2D eigenvalue weighted by molar-refractivity contribution is 5.73. The van der Waals surface area contributed by atoms with Crippen LogP contribution in [0.4, 0.5) is 5.82 Å². The van der Waals surface area contributed by atoms with Crippen molar-refractivity contribution in [3.05, 3.63) is 42.3 Å². The van der Waals surface area contributed by atoms with Gasteiger partial charge in [0.15, 0.2) is 17.3 Å². The minimum Gasteiger partial charge on any atom is -0.379 e. The quantitative estimate of drug-likeness (QED) is 0.652. The number of nitrogens with two attached hydrogens (primary N) is 1. The van der Waals surface area contributed by atoms with E-state index in [1.54, 1.807) is 0 Å². The Morgan fingerprint density at radius 1 is 1.32 bits per heavy atom. The lowest BCUT2D eigenvalue weighted by molar-refractivity contribution is 0.310. The predicted molar refractivity (Wildman–Crippen MR) is 87.8 cm³/mol. The molecule has 0 atom stereocenters. The van der Waals surface area contributed by atoms with Crippen molar-refractivity contribution in [1.29, 1.82) is 0 Å². The zero-order valence-electron chi connectivity index (χ0n) is 13.2. The average Bonchev–Trinajstić information content (AvgIpc) is 3.12. The van der Waals surface area contributed by atoms with Crippen molar-refractivity contribution in [2.75, 3.05) is 5.73 Å². The second-order valence-corrected chi connectivity index (χ2v) is 4.72. The molecule has 0 unspecified atom stereocenters. The van der Waals surface area contributed by atoms with E-state index in [4.69, 9.17) is 10.4 Å². The molecular weight excluding hydrogens is 278 g/mol. The van der Waals surface area contributed by atoms with Crippen LogP contribution in [0, 0.1) is 0 Å². The first-order chi connectivity index (χ1) is 10.7. The molecule has 6 heteroatoms. The van der Waals surface area contributed by atoms with Gasteiger partial charge in [0, 0.05) is 12.7 Å². The Hall–Kier alpha value is -2.63. The van der Waals surface area contributed by atoms with Crippen molar-refractivity contribution >= 4 is 11.4 Å². The van der Waals surface area contributed by atoms with Gasteiger partial charge in [0.1, 0.15) is 0 Å². The van der Waals surface area contributed by atoms with Crippen molar-refractivity contribution in [2.24, 2.45) is 0 Å². The Morgan fingerprint density at radius 2 is 2.14 bits per heavy atom. The van der Waals surface area contributed by atoms with Gasteiger partial charge in [-0.2, -0.15) is 0 Å². The van der Waals surface area contributed by atoms with Crippen LogP contribution in [0.15, 0.2) is 41.2 Å². The van der Waals surface area contributed by atoms with Gasteiger partial charge < -0.3 is 10.3 Å². The summed E-state index contributed by atoms with van der Waals surface area (Å²) < 4.78 is 6.68. The zero-order chi connectivity index (χ0) is 15.9. The van der Waals surface area contributed by atoms with Gasteiger partial charge in [-0.1, -0.05) is 37.3 Å². The smallest absolute Gasteiger partial charge is 0.199 e. The van der Waals surface area contributed by atoms with Crippen molar-refractivity contribution in [3.8, 4) is 11.5 Å². The number of allylic oxidation sites excluding steroid dienone is 6. The number of anilines is 1. The predicted octanol–water partition coefficient (Wildman–Crippen LogP) is 3.46. The normalized spacial score (nSPS) is 12.8. The molecule has 0 bridgehead atoms. The highest BCUT2D eigenvalue weighted by Gasteiger charge is 2.17. The van der Waals surface area contributed by atoms with Gasteiger partial charge in [-0.3, -0.25) is 0 Å². The average molecular weight is 299 g/mol. The first kappa shape index (κ1) is 15.8. The molecule has 6 nitrogen and oxygen atoms in total. The number of nitrogen functional groups attached to an aromatic ring is 1. The summed E-state index contributed by atoms with van der Waals surface area (Å²) in [4.78, 5) is 4.66. The lowest BCUT2D eigenvalue weighted by Crippen LogP contribution is -1.99. The van der Waals surface area contributed by atoms with Crippen LogP contribution in [0.2, 0.25) is 0 Å². The summed E-state index contributed by atoms with van der Waals surface area (Å²) in [6.07, 6.45) is 13.2. The monoisotopic (exact) mass is 299 g/mol. The standard InChI is InChI=1S/C16H21N5O/c1-4-7-9-12(6-3)13-11-21(10-8-5-2)16(18-13)14-15(17)20-22-19-14/h5-9,11H,4,10H2,1-3H3,(H2,17,20)/b8-5-,9-7-,12-6+. The van der Waals surface area contributed by atoms with Gasteiger partial charge in [0.05, 0.1) is 5.69 Å². The third-order valence-electron chi connectivity index (χ3n) is 3.18. The van der Waals surface area contributed by atoms with Crippen LogP contribution < -0.4 is 5.73 Å². The van der Waals surface area contributed by atoms with Gasteiger partial charge in [-0.25, -0.2) is 9.61 Å². The Morgan fingerprint density at radius 3 is 2.73 bits per heavy atom. The number of aromatic nitrogens is 4. The molecule has 0 aromatic carbocycles. The molecule has 2 rings (SSSR count). The molecule has 2 heterocycles. The first-order valence-electron chi connectivity index (χ1n) is 7.31. The van der Waals surface area contributed by atoms with E-state index in [9.17, 15) is 0 Å². The summed E-state index contributed by atoms with van der Waals surface area (Å²) in [6, 6.07) is 0. The van der Waals surface area contributed by atoms with Crippen LogP contribution in [0.1, 0.15) is 32.9 Å². The minimum absolute atomic E-state index is 0.241. The largest absolute Gasteiger partial charge is 0.379 e. The summed E-state index contributed by atoms with van der Waals surface area (Å²) in [6.45, 7) is 6.75. The minimum atomic E-state index is 0.241. The second kappa shape index (κ2) is 7.40. The van der Waals surface area contributed by atoms with Crippen LogP contribution in [-0.2, 0) is 6.54 Å². The molecule has 0 aliphatic carbocycles. The van der Waals surface area contributed by atoms with E-state index in [0.29, 0.717) is 18.1 Å². The molecule has 0 spiro atoms. The van der Waals surface area contributed by atoms with Crippen LogP contribution in [0.3, 0.4) is 0 Å². The lowest BCUT2D eigenvalue weighted by Gasteiger charge is -2.00. The topological polar surface area (TPSA) is 82.8 Å². The van der Waals surface area contributed by atoms with E-state index in [1.165, 1.54) is 0 Å². The molecule has 0 saturated heterocycles. The SMILES string of the molecule is C/C=C\Cn1cc(C(/C=C\CC)=C/C)nc1-c1nonc1N. The van der Waals surface area contributed by atoms with E-state index in [1.807, 2.05) is 42.8 Å². The van der Waals surface area contributed by atoms with E-state index >= 15 is 0 Å². The van der Waals surface area contributed by atoms with E-state index in [-0.39, 0.29) is 5.82 Å². The molecule has 2 aromatic heterocycles. The van der Waals surface area contributed by atoms with Crippen molar-refractivity contribution in [1.82, 2.24) is 19.9 Å². The zero-order valence-corrected chi connectivity index (χ0v) is 13.2. The number of rotatable bonds is 6. The Kier molecular flexibility index (Phi) is 5.30. The number of imidazole rings is 1. The third kappa shape index (κ3) is 3.33. The fraction of sp³-hybridized carbons (Fsp3) is 0.312. The Balaban J connectivity index is 2.48. The first-order valence-corrected chi connectivity index (χ1v) is 7.31. The molecule has 0 amide bonds. The van der Waals surface area contributed by atoms with Gasteiger partial charge in [0.25, 0.3) is 0 Å². The summed E-state index contributed by atoms with van der Waals surface area (Å²) >= 11 is 0. The van der Waals surface area contributed by atoms with Gasteiger partial charge >= 0.3 is 0 Å². The van der Waals surface area contributed by atoms with Crippen LogP contribution in [0.5, 0.6) is 0 Å². The molecule has 0 saturated carbocycles. The van der Waals surface area contributed by atoms with Crippen molar-refractivity contribution in [3.63, 3.8) is 0 Å². The lowest BCUT2D eigenvalue weighted by atomic mass is 10.1. The van der Waals surface area contributed by atoms with Gasteiger partial charge in [0.2, 0.25) is 0 Å². The van der Waals surface area contributed by atoms with Crippen molar-refractivity contribution in [2.45, 2.75) is 33.7 Å². The van der Waals surface area contributed by atoms with Gasteiger partial charge in [-0.15, -0.1) is 0 Å². The summed E-state index contributed by atoms with van der Waals surface area (Å²) in [7, 11) is 0. The second-order valence-electron chi connectivity index (χ2n) is 4.72. The van der Waals surface area contributed by atoms with E-state index < -0.39 is 0 Å². The van der Waals surface area contributed by atoms with Crippen LogP contribution in [-0.4, -0.2) is 19.9 Å². The summed E-state index contributed by atoms with van der Waals surface area (Å²) in [5.74, 6) is 0.890. The Bertz CT molecular complexity index is 706. The Labute approximate surface area is 130 Å². The summed E-state index contributed by atoms with van der Waals surface area (Å²) in [5, 5.41) is 7.49. The fourth-order valence-electron chi connectivity index (χ4n) is 2.03. The molecule has 0 radical (unpaired) electrons. The number of hydrogen-bond donors (Lipinski definition) is 1. The molecule has 0 aliphatic heterocycles. The third-order valence-corrected chi connectivity index (χ3v) is 3.18. The van der Waals surface area contributed by atoms with Gasteiger partial charge in [-0.05, 0) is 36.2 Å². The van der Waals surface area contributed by atoms with Crippen LogP contribution >= 0.6 is 0 Å². The number of nitrogens with zero attached hydrogens (tertiary/aromatic N) is 4. The maximum absolute atomic E-state index is 5.80. The molecule has 0 fully saturated rings. The van der Waals surface area contributed by atoms with E-state index in [0.717, 1.165) is 17.7 Å². The molecular formula is C16H21N5O. The summed E-state index contributed by atoms with van der Waals surface area (Å²) in [5.41, 5.74) is 8.19. The highest BCUT2D eigenvalue weighted by Crippen LogP contribution is 2.25. The van der Waals surface area contributed by atoms with Crippen LogP contribution in [0.25, 0.3) is 17.1 Å². The maximum Gasteiger partial charge on any atom is 0.199 e. The maximum atomic E-state index is 5.80. The van der Waals surface area contributed by atoms with Crippen molar-refractivity contribution < 1.29 is 4.63 Å². The molecule has 2 N–H and O–H groups in total. The molecule has 116 valence electrons. The molecule has 2 aromatic rings. The van der Waals surface area contributed by atoms with E-state index in [2.05, 4.69) is 34.4 Å². The molecule has 0 aliphatic rings.